The number of nitrogens with zero attached hydrogens (tertiary/aromatic N) is 3. The molecule has 282 valence electrons. The van der Waals surface area contributed by atoms with E-state index in [9.17, 15) is 0 Å². The summed E-state index contributed by atoms with van der Waals surface area (Å²) in [7, 11) is 0. The smallest absolute Gasteiger partial charge is 0.0803 e. The molecule has 0 radical (unpaired) electrons. The van der Waals surface area contributed by atoms with Crippen LogP contribution in [-0.2, 0) is 0 Å². The van der Waals surface area contributed by atoms with Crippen molar-refractivity contribution in [3.8, 4) is 22.5 Å². The minimum Gasteiger partial charge on any atom is -0.309 e. The zero-order chi connectivity index (χ0) is 39.8. The van der Waals surface area contributed by atoms with E-state index in [0.29, 0.717) is 0 Å². The fraction of sp³-hybridized carbons (Fsp3) is 0. The van der Waals surface area contributed by atoms with Gasteiger partial charge in [-0.3, -0.25) is 0 Å². The summed E-state index contributed by atoms with van der Waals surface area (Å²) in [5, 5.41) is 15.0. The fourth-order valence-corrected chi connectivity index (χ4v) is 10.8. The average Bonchev–Trinajstić information content (AvgIpc) is 3.97. The fourth-order valence-electron chi connectivity index (χ4n) is 10.8. The molecular weight excluding hydrogens is 739 g/mol. The highest BCUT2D eigenvalue weighted by Crippen LogP contribution is 2.46. The van der Waals surface area contributed by atoms with E-state index in [1.807, 2.05) is 0 Å². The van der Waals surface area contributed by atoms with Crippen LogP contribution in [-0.4, -0.2) is 13.5 Å². The van der Waals surface area contributed by atoms with Crippen molar-refractivity contribution in [3.63, 3.8) is 0 Å². The number of benzene rings is 10. The Balaban J connectivity index is 1.16. The second-order valence-electron chi connectivity index (χ2n) is 16.4. The number of hydrogen-bond acceptors (Lipinski definition) is 0. The van der Waals surface area contributed by atoms with Gasteiger partial charge in [-0.25, -0.2) is 0 Å². The molecule has 0 aliphatic carbocycles. The molecule has 14 rings (SSSR count). The summed E-state index contributed by atoms with van der Waals surface area (Å²) >= 11 is 0. The molecular formula is C58H35N3. The Bertz CT molecular complexity index is 4160. The third-order valence-electron chi connectivity index (χ3n) is 13.3. The van der Waals surface area contributed by atoms with Crippen LogP contribution in [0, 0.1) is 0 Å². The van der Waals surface area contributed by atoms with E-state index in [4.69, 9.17) is 0 Å². The predicted molar refractivity (Wildman–Crippen MR) is 259 cm³/mol. The van der Waals surface area contributed by atoms with Gasteiger partial charge in [0.25, 0.3) is 0 Å². The normalized spacial score (nSPS) is 12.3. The summed E-state index contributed by atoms with van der Waals surface area (Å²) in [6, 6.07) is 78.6. The van der Waals surface area contributed by atoms with Crippen LogP contribution in [0.1, 0.15) is 0 Å². The van der Waals surface area contributed by atoms with Gasteiger partial charge in [0.1, 0.15) is 0 Å². The lowest BCUT2D eigenvalue weighted by Crippen LogP contribution is -1.97. The van der Waals surface area contributed by atoms with Crippen LogP contribution < -0.4 is 0 Å². The number of hydrogen-bond donors (Lipinski definition) is 0. The maximum atomic E-state index is 2.57. The van der Waals surface area contributed by atoms with Crippen molar-refractivity contribution in [1.29, 1.82) is 0 Å². The summed E-state index contributed by atoms with van der Waals surface area (Å²) < 4.78 is 7.57. The van der Waals surface area contributed by atoms with E-state index >= 15 is 0 Å². The lowest BCUT2D eigenvalue weighted by Gasteiger charge is -2.13. The highest BCUT2D eigenvalue weighted by atomic mass is 15.0. The van der Waals surface area contributed by atoms with Gasteiger partial charge in [0, 0.05) is 43.4 Å². The van der Waals surface area contributed by atoms with Crippen molar-refractivity contribution in [3.05, 3.63) is 212 Å². The van der Waals surface area contributed by atoms with Crippen LogP contribution in [0.2, 0.25) is 0 Å². The van der Waals surface area contributed by atoms with E-state index in [2.05, 4.69) is 226 Å². The molecule has 0 saturated carbocycles. The minimum absolute atomic E-state index is 1.15. The highest BCUT2D eigenvalue weighted by Gasteiger charge is 2.25. The van der Waals surface area contributed by atoms with Crippen molar-refractivity contribution in [1.82, 2.24) is 13.5 Å². The van der Waals surface area contributed by atoms with Gasteiger partial charge in [-0.1, -0.05) is 164 Å². The first-order chi connectivity index (χ1) is 30.3. The summed E-state index contributed by atoms with van der Waals surface area (Å²) in [5.41, 5.74) is 13.2. The molecule has 4 aromatic heterocycles. The van der Waals surface area contributed by atoms with Crippen LogP contribution in [0.4, 0.5) is 0 Å². The van der Waals surface area contributed by atoms with Gasteiger partial charge in [0.05, 0.1) is 44.3 Å². The van der Waals surface area contributed by atoms with Crippen LogP contribution in [0.5, 0.6) is 0 Å². The van der Waals surface area contributed by atoms with Gasteiger partial charge in [-0.2, -0.15) is 0 Å². The summed E-state index contributed by atoms with van der Waals surface area (Å²) in [6.07, 6.45) is 0. The predicted octanol–water partition coefficient (Wildman–Crippen LogP) is 15.6. The van der Waals surface area contributed by atoms with E-state index in [-0.39, 0.29) is 0 Å². The Morgan fingerprint density at radius 3 is 1.57 bits per heavy atom. The standard InChI is InChI=1S/C58H35N3/c1-2-14-36(15-3-1)39-26-30-47-54(34-39)61-49-24-12-10-21-44(49)43-20-8-9-22-45(43)57(61)58(47)60-51-33-29-40(35-48(51)56-42-19-7-5-17-38(42)28-32-53(56)60)59-50-25-13-11-23-46(50)55-41-18-6-4-16-37(41)27-31-52(55)59/h1-35H. The number of aromatic nitrogens is 3. The molecule has 0 bridgehead atoms. The average molecular weight is 774 g/mol. The van der Waals surface area contributed by atoms with Crippen molar-refractivity contribution < 1.29 is 0 Å². The lowest BCUT2D eigenvalue weighted by molar-refractivity contribution is 1.18. The molecule has 0 fully saturated rings. The number of pyridine rings is 1. The molecule has 0 N–H and O–H groups in total. The third-order valence-corrected chi connectivity index (χ3v) is 13.3. The first-order valence-electron chi connectivity index (χ1n) is 21.1. The molecule has 61 heavy (non-hydrogen) atoms. The van der Waals surface area contributed by atoms with Crippen LogP contribution in [0.3, 0.4) is 0 Å². The first kappa shape index (κ1) is 32.8. The molecule has 0 unspecified atom stereocenters. The molecule has 14 aromatic rings. The quantitative estimate of drug-likeness (QED) is 0.159. The van der Waals surface area contributed by atoms with E-state index in [0.717, 1.165) is 5.69 Å². The molecule has 0 aliphatic heterocycles. The number of para-hydroxylation sites is 2. The second kappa shape index (κ2) is 12.2. The minimum atomic E-state index is 1.15. The molecule has 0 aliphatic rings. The van der Waals surface area contributed by atoms with Crippen LogP contribution in [0.15, 0.2) is 212 Å². The maximum absolute atomic E-state index is 2.57. The Morgan fingerprint density at radius 1 is 0.262 bits per heavy atom. The zero-order valence-electron chi connectivity index (χ0n) is 33.0. The molecule has 10 aromatic carbocycles. The first-order valence-corrected chi connectivity index (χ1v) is 21.1. The van der Waals surface area contributed by atoms with E-state index in [1.54, 1.807) is 0 Å². The van der Waals surface area contributed by atoms with Gasteiger partial charge in [0.15, 0.2) is 0 Å². The van der Waals surface area contributed by atoms with Gasteiger partial charge < -0.3 is 13.5 Å². The molecule has 3 nitrogen and oxygen atoms in total. The molecule has 0 amide bonds. The van der Waals surface area contributed by atoms with Crippen molar-refractivity contribution in [2.75, 3.05) is 0 Å². The van der Waals surface area contributed by atoms with Gasteiger partial charge >= 0.3 is 0 Å². The van der Waals surface area contributed by atoms with Crippen LogP contribution in [0.25, 0.3) is 126 Å². The molecule has 3 heteroatoms. The maximum Gasteiger partial charge on any atom is 0.0803 e. The second-order valence-corrected chi connectivity index (χ2v) is 16.4. The monoisotopic (exact) mass is 773 g/mol. The Hall–Kier alpha value is -8.14. The van der Waals surface area contributed by atoms with E-state index < -0.39 is 0 Å². The van der Waals surface area contributed by atoms with Crippen molar-refractivity contribution in [2.45, 2.75) is 0 Å². The van der Waals surface area contributed by atoms with Gasteiger partial charge in [-0.05, 0) is 86.6 Å². The highest BCUT2D eigenvalue weighted by molar-refractivity contribution is 6.26. The topological polar surface area (TPSA) is 14.3 Å². The molecule has 0 saturated heterocycles. The summed E-state index contributed by atoms with van der Waals surface area (Å²) in [4.78, 5) is 0. The third kappa shape index (κ3) is 4.42. The summed E-state index contributed by atoms with van der Waals surface area (Å²) in [6.45, 7) is 0. The van der Waals surface area contributed by atoms with E-state index in [1.165, 1.54) is 120 Å². The SMILES string of the molecule is c1ccc(-c2ccc3c(-n4c5ccc(-n6c7ccccc7c7c8ccccc8ccc76)cc5c5c6ccccc6ccc54)c4c5ccccc5c5ccccc5n4c3c2)cc1. The number of rotatable bonds is 3. The zero-order valence-corrected chi connectivity index (χ0v) is 33.0. The Labute approximate surface area is 350 Å². The largest absolute Gasteiger partial charge is 0.309 e. The molecule has 4 heterocycles. The Kier molecular flexibility index (Phi) is 6.56. The van der Waals surface area contributed by atoms with Crippen LogP contribution >= 0.6 is 0 Å². The van der Waals surface area contributed by atoms with Crippen molar-refractivity contribution in [2.24, 2.45) is 0 Å². The number of fused-ring (bicyclic) bond motifs is 18. The Morgan fingerprint density at radius 2 is 0.820 bits per heavy atom. The molecule has 0 atom stereocenters. The van der Waals surface area contributed by atoms with Crippen molar-refractivity contribution >= 4 is 103 Å². The summed E-state index contributed by atoms with van der Waals surface area (Å²) in [5.74, 6) is 0. The van der Waals surface area contributed by atoms with Gasteiger partial charge in [-0.15, -0.1) is 0 Å². The van der Waals surface area contributed by atoms with Gasteiger partial charge in [0.2, 0.25) is 0 Å². The lowest BCUT2D eigenvalue weighted by atomic mass is 10.0. The molecule has 0 spiro atoms.